The van der Waals surface area contributed by atoms with E-state index in [1.807, 2.05) is 13.8 Å². The van der Waals surface area contributed by atoms with Crippen LogP contribution < -0.4 is 10.6 Å². The quantitative estimate of drug-likeness (QED) is 0.746. The Balaban J connectivity index is 2.33. The van der Waals surface area contributed by atoms with Gasteiger partial charge >= 0.3 is 17.9 Å². The van der Waals surface area contributed by atoms with Crippen LogP contribution in [0.5, 0.6) is 0 Å². The summed E-state index contributed by atoms with van der Waals surface area (Å²) in [4.78, 5) is 36.5. The molecule has 1 heterocycles. The Bertz CT molecular complexity index is 378. The zero-order valence-corrected chi connectivity index (χ0v) is 13.0. The molecular formula is C14H25N3O4. The van der Waals surface area contributed by atoms with Crippen molar-refractivity contribution in [2.75, 3.05) is 19.7 Å². The number of carbonyl (C=O) groups excluding carboxylic acids is 3. The molecule has 1 atom stereocenters. The minimum Gasteiger partial charge on any atom is -0.450 e. The van der Waals surface area contributed by atoms with Crippen molar-refractivity contribution in [2.45, 2.75) is 52.1 Å². The zero-order chi connectivity index (χ0) is 15.8. The molecule has 21 heavy (non-hydrogen) atoms. The second-order valence-corrected chi connectivity index (χ2v) is 5.22. The highest BCUT2D eigenvalue weighted by Gasteiger charge is 2.26. The predicted octanol–water partition coefficient (Wildman–Crippen LogP) is 0.638. The maximum absolute atomic E-state index is 11.8. The number of ether oxygens (including phenoxy) is 1. The molecule has 7 nitrogen and oxygen atoms in total. The Kier molecular flexibility index (Phi) is 6.98. The van der Waals surface area contributed by atoms with E-state index in [2.05, 4.69) is 10.6 Å². The van der Waals surface area contributed by atoms with Gasteiger partial charge in [0.2, 0.25) is 0 Å². The van der Waals surface area contributed by atoms with Gasteiger partial charge in [-0.1, -0.05) is 6.92 Å². The maximum atomic E-state index is 11.8. The van der Waals surface area contributed by atoms with Crippen molar-refractivity contribution >= 4 is 17.9 Å². The van der Waals surface area contributed by atoms with Crippen molar-refractivity contribution in [2.24, 2.45) is 0 Å². The minimum absolute atomic E-state index is 0.0195. The molecular weight excluding hydrogens is 274 g/mol. The minimum atomic E-state index is -0.607. The number of amides is 3. The molecule has 7 heteroatoms. The van der Waals surface area contributed by atoms with E-state index in [4.69, 9.17) is 4.74 Å². The third kappa shape index (κ3) is 5.61. The van der Waals surface area contributed by atoms with Gasteiger partial charge in [-0.05, 0) is 33.1 Å². The number of hydrogen-bond donors (Lipinski definition) is 2. The average Bonchev–Trinajstić information content (AvgIpc) is 2.47. The van der Waals surface area contributed by atoms with Crippen molar-refractivity contribution in [3.05, 3.63) is 0 Å². The van der Waals surface area contributed by atoms with Crippen LogP contribution in [0.1, 0.15) is 40.0 Å². The first-order valence-corrected chi connectivity index (χ1v) is 7.50. The zero-order valence-electron chi connectivity index (χ0n) is 13.0. The van der Waals surface area contributed by atoms with Gasteiger partial charge in [0.25, 0.3) is 0 Å². The summed E-state index contributed by atoms with van der Waals surface area (Å²) in [6.07, 6.45) is 1.70. The van der Waals surface area contributed by atoms with Crippen LogP contribution in [0, 0.1) is 0 Å². The third-order valence-electron chi connectivity index (χ3n) is 3.55. The summed E-state index contributed by atoms with van der Waals surface area (Å²) in [5, 5.41) is 5.34. The Morgan fingerprint density at radius 2 is 1.81 bits per heavy atom. The molecule has 1 fully saturated rings. The van der Waals surface area contributed by atoms with Crippen LogP contribution in [0.25, 0.3) is 0 Å². The predicted molar refractivity (Wildman–Crippen MR) is 77.7 cm³/mol. The van der Waals surface area contributed by atoms with E-state index in [1.165, 1.54) is 0 Å². The first-order valence-electron chi connectivity index (χ1n) is 7.50. The van der Waals surface area contributed by atoms with Gasteiger partial charge in [-0.2, -0.15) is 0 Å². The van der Waals surface area contributed by atoms with E-state index in [1.54, 1.807) is 11.8 Å². The fraction of sp³-hybridized carbons (Fsp3) is 0.786. The largest absolute Gasteiger partial charge is 0.450 e. The SMILES string of the molecule is CCOC(=O)N1CCC(NC(=O)C(=O)NC(C)CC)CC1. The fourth-order valence-corrected chi connectivity index (χ4v) is 2.06. The van der Waals surface area contributed by atoms with Crippen molar-refractivity contribution < 1.29 is 19.1 Å². The van der Waals surface area contributed by atoms with E-state index in [-0.39, 0.29) is 18.2 Å². The van der Waals surface area contributed by atoms with Crippen LogP contribution in [-0.4, -0.2) is 54.6 Å². The van der Waals surface area contributed by atoms with E-state index < -0.39 is 11.8 Å². The van der Waals surface area contributed by atoms with E-state index in [0.29, 0.717) is 32.5 Å². The summed E-state index contributed by atoms with van der Waals surface area (Å²) in [6, 6.07) is -0.0974. The number of nitrogens with zero attached hydrogens (tertiary/aromatic N) is 1. The molecule has 0 saturated carbocycles. The normalized spacial score (nSPS) is 17.0. The van der Waals surface area contributed by atoms with E-state index in [9.17, 15) is 14.4 Å². The Hall–Kier alpha value is -1.79. The molecule has 0 aromatic heterocycles. The molecule has 1 saturated heterocycles. The number of carbonyl (C=O) groups is 3. The molecule has 0 radical (unpaired) electrons. The van der Waals surface area contributed by atoms with Gasteiger partial charge in [0.1, 0.15) is 0 Å². The molecule has 3 amide bonds. The lowest BCUT2D eigenvalue weighted by Gasteiger charge is -2.31. The lowest BCUT2D eigenvalue weighted by Crippen LogP contribution is -2.51. The molecule has 2 N–H and O–H groups in total. The molecule has 120 valence electrons. The molecule has 0 bridgehead atoms. The summed E-state index contributed by atoms with van der Waals surface area (Å²) in [6.45, 7) is 6.95. The highest BCUT2D eigenvalue weighted by Crippen LogP contribution is 2.11. The molecule has 0 aromatic rings. The molecule has 1 rings (SSSR count). The number of hydrogen-bond acceptors (Lipinski definition) is 4. The first-order chi connectivity index (χ1) is 9.97. The van der Waals surface area contributed by atoms with E-state index >= 15 is 0 Å². The second kappa shape index (κ2) is 8.49. The number of rotatable bonds is 4. The smallest absolute Gasteiger partial charge is 0.409 e. The van der Waals surface area contributed by atoms with Crippen LogP contribution in [0.15, 0.2) is 0 Å². The Morgan fingerprint density at radius 3 is 2.33 bits per heavy atom. The van der Waals surface area contributed by atoms with Gasteiger partial charge in [0.05, 0.1) is 6.61 Å². The van der Waals surface area contributed by atoms with Gasteiger partial charge in [-0.3, -0.25) is 9.59 Å². The van der Waals surface area contributed by atoms with Crippen LogP contribution in [0.4, 0.5) is 4.79 Å². The molecule has 0 aromatic carbocycles. The summed E-state index contributed by atoms with van der Waals surface area (Å²) < 4.78 is 4.93. The standard InChI is InChI=1S/C14H25N3O4/c1-4-10(3)15-12(18)13(19)16-11-6-8-17(9-7-11)14(20)21-5-2/h10-11H,4-9H2,1-3H3,(H,15,18)(H,16,19). The Labute approximate surface area is 125 Å². The topological polar surface area (TPSA) is 87.7 Å². The molecule has 1 unspecified atom stereocenters. The lowest BCUT2D eigenvalue weighted by atomic mass is 10.1. The van der Waals surface area contributed by atoms with Crippen LogP contribution in [0.3, 0.4) is 0 Å². The lowest BCUT2D eigenvalue weighted by molar-refractivity contribution is -0.140. The fourth-order valence-electron chi connectivity index (χ4n) is 2.06. The molecule has 1 aliphatic rings. The highest BCUT2D eigenvalue weighted by atomic mass is 16.6. The molecule has 1 aliphatic heterocycles. The van der Waals surface area contributed by atoms with Crippen LogP contribution >= 0.6 is 0 Å². The van der Waals surface area contributed by atoms with Crippen molar-refractivity contribution in [1.29, 1.82) is 0 Å². The van der Waals surface area contributed by atoms with Crippen molar-refractivity contribution in [3.8, 4) is 0 Å². The van der Waals surface area contributed by atoms with Crippen LogP contribution in [0.2, 0.25) is 0 Å². The van der Waals surface area contributed by atoms with Crippen molar-refractivity contribution in [3.63, 3.8) is 0 Å². The van der Waals surface area contributed by atoms with E-state index in [0.717, 1.165) is 6.42 Å². The number of likely N-dealkylation sites (tertiary alicyclic amines) is 1. The number of nitrogens with one attached hydrogen (secondary N) is 2. The van der Waals surface area contributed by atoms with Gasteiger partial charge in [-0.15, -0.1) is 0 Å². The summed E-state index contributed by atoms with van der Waals surface area (Å²) in [5.74, 6) is -1.21. The number of piperidine rings is 1. The Morgan fingerprint density at radius 1 is 1.19 bits per heavy atom. The van der Waals surface area contributed by atoms with Gasteiger partial charge in [0.15, 0.2) is 0 Å². The molecule has 0 aliphatic carbocycles. The van der Waals surface area contributed by atoms with Crippen molar-refractivity contribution in [1.82, 2.24) is 15.5 Å². The third-order valence-corrected chi connectivity index (χ3v) is 3.55. The maximum Gasteiger partial charge on any atom is 0.409 e. The average molecular weight is 299 g/mol. The monoisotopic (exact) mass is 299 g/mol. The highest BCUT2D eigenvalue weighted by molar-refractivity contribution is 6.35. The van der Waals surface area contributed by atoms with Crippen LogP contribution in [-0.2, 0) is 14.3 Å². The summed E-state index contributed by atoms with van der Waals surface area (Å²) in [7, 11) is 0. The summed E-state index contributed by atoms with van der Waals surface area (Å²) in [5.41, 5.74) is 0. The second-order valence-electron chi connectivity index (χ2n) is 5.22. The van der Waals surface area contributed by atoms with Gasteiger partial charge in [0, 0.05) is 25.2 Å². The van der Waals surface area contributed by atoms with Gasteiger partial charge in [-0.25, -0.2) is 4.79 Å². The first kappa shape index (κ1) is 17.3. The summed E-state index contributed by atoms with van der Waals surface area (Å²) >= 11 is 0. The van der Waals surface area contributed by atoms with Gasteiger partial charge < -0.3 is 20.3 Å². The molecule has 0 spiro atoms.